The molecule has 0 aliphatic heterocycles. The van der Waals surface area contributed by atoms with E-state index in [1.54, 1.807) is 0 Å². The smallest absolute Gasteiger partial charge is 0.235 e. The van der Waals surface area contributed by atoms with Crippen LogP contribution >= 0.6 is 0 Å². The van der Waals surface area contributed by atoms with Crippen molar-refractivity contribution in [1.29, 1.82) is 0 Å². The summed E-state index contributed by atoms with van der Waals surface area (Å²) in [6.45, 7) is 6.79. The molecular formula is C14H22N2O. The van der Waals surface area contributed by atoms with E-state index in [4.69, 9.17) is 5.73 Å². The Bertz CT molecular complexity index is 354. The molecule has 0 aliphatic rings. The van der Waals surface area contributed by atoms with Gasteiger partial charge in [-0.2, -0.15) is 0 Å². The van der Waals surface area contributed by atoms with Gasteiger partial charge >= 0.3 is 0 Å². The van der Waals surface area contributed by atoms with Crippen molar-refractivity contribution < 1.29 is 4.79 Å². The van der Waals surface area contributed by atoms with Crippen LogP contribution in [0.4, 0.5) is 0 Å². The van der Waals surface area contributed by atoms with Gasteiger partial charge in [0.25, 0.3) is 0 Å². The molecule has 1 amide bonds. The molecule has 1 aromatic rings. The fraction of sp³-hybridized carbons (Fsp3) is 0.500. The highest BCUT2D eigenvalue weighted by molar-refractivity contribution is 5.80. The monoisotopic (exact) mass is 234 g/mol. The van der Waals surface area contributed by atoms with Crippen molar-refractivity contribution in [2.45, 2.75) is 33.2 Å². The van der Waals surface area contributed by atoms with E-state index in [-0.39, 0.29) is 17.4 Å². The molecule has 0 bridgehead atoms. The molecule has 1 aromatic carbocycles. The van der Waals surface area contributed by atoms with Crippen molar-refractivity contribution in [3.63, 3.8) is 0 Å². The maximum Gasteiger partial charge on any atom is 0.235 e. The lowest BCUT2D eigenvalue weighted by atomic mass is 9.86. The second kappa shape index (κ2) is 5.82. The van der Waals surface area contributed by atoms with Crippen LogP contribution in [0.5, 0.6) is 0 Å². The maximum absolute atomic E-state index is 11.3. The molecule has 0 fully saturated rings. The summed E-state index contributed by atoms with van der Waals surface area (Å²) in [5.41, 5.74) is 6.51. The highest BCUT2D eigenvalue weighted by Gasteiger charge is 2.28. The Morgan fingerprint density at radius 3 is 2.35 bits per heavy atom. The molecule has 3 N–H and O–H groups in total. The zero-order valence-electron chi connectivity index (χ0n) is 10.9. The quantitative estimate of drug-likeness (QED) is 0.815. The number of rotatable bonds is 5. The van der Waals surface area contributed by atoms with Crippen LogP contribution in [0.2, 0.25) is 0 Å². The molecule has 0 spiro atoms. The van der Waals surface area contributed by atoms with Gasteiger partial charge in [0.15, 0.2) is 0 Å². The number of hydrogen-bond acceptors (Lipinski definition) is 2. The van der Waals surface area contributed by atoms with Gasteiger partial charge in [0.05, 0.1) is 6.04 Å². The minimum atomic E-state index is -0.287. The number of carbonyl (C=O) groups is 1. The molecule has 0 heterocycles. The van der Waals surface area contributed by atoms with Gasteiger partial charge in [-0.1, -0.05) is 51.1 Å². The van der Waals surface area contributed by atoms with Crippen LogP contribution in [0.3, 0.4) is 0 Å². The van der Waals surface area contributed by atoms with Crippen molar-refractivity contribution >= 4 is 5.91 Å². The Morgan fingerprint density at radius 2 is 1.88 bits per heavy atom. The Kier molecular flexibility index (Phi) is 4.70. The van der Waals surface area contributed by atoms with Crippen molar-refractivity contribution in [3.8, 4) is 0 Å². The molecule has 3 heteroatoms. The van der Waals surface area contributed by atoms with Crippen molar-refractivity contribution in [2.75, 3.05) is 6.54 Å². The fourth-order valence-corrected chi connectivity index (χ4v) is 1.84. The highest BCUT2D eigenvalue weighted by Crippen LogP contribution is 2.18. The van der Waals surface area contributed by atoms with E-state index in [1.165, 1.54) is 5.56 Å². The second-order valence-corrected chi connectivity index (χ2v) is 5.39. The van der Waals surface area contributed by atoms with Gasteiger partial charge < -0.3 is 11.1 Å². The van der Waals surface area contributed by atoms with Gasteiger partial charge in [0, 0.05) is 0 Å². The minimum absolute atomic E-state index is 0.150. The molecule has 0 radical (unpaired) electrons. The van der Waals surface area contributed by atoms with Crippen LogP contribution in [-0.4, -0.2) is 18.5 Å². The van der Waals surface area contributed by atoms with E-state index in [9.17, 15) is 4.79 Å². The third kappa shape index (κ3) is 4.57. The third-order valence-corrected chi connectivity index (χ3v) is 2.76. The van der Waals surface area contributed by atoms with E-state index >= 15 is 0 Å². The van der Waals surface area contributed by atoms with Crippen LogP contribution in [0, 0.1) is 5.41 Å². The molecule has 0 saturated carbocycles. The zero-order chi connectivity index (χ0) is 12.9. The molecule has 3 nitrogen and oxygen atoms in total. The van der Waals surface area contributed by atoms with Crippen LogP contribution < -0.4 is 11.1 Å². The molecule has 0 unspecified atom stereocenters. The molecule has 0 aromatic heterocycles. The summed E-state index contributed by atoms with van der Waals surface area (Å²) in [5.74, 6) is -0.287. The zero-order valence-corrected chi connectivity index (χ0v) is 10.9. The number of hydrogen-bond donors (Lipinski definition) is 2. The molecule has 1 rings (SSSR count). The fourth-order valence-electron chi connectivity index (χ4n) is 1.84. The first-order valence-electron chi connectivity index (χ1n) is 5.98. The summed E-state index contributed by atoms with van der Waals surface area (Å²) < 4.78 is 0. The maximum atomic E-state index is 11.3. The van der Waals surface area contributed by atoms with Crippen molar-refractivity contribution in [3.05, 3.63) is 35.9 Å². The first kappa shape index (κ1) is 13.7. The second-order valence-electron chi connectivity index (χ2n) is 5.39. The summed E-state index contributed by atoms with van der Waals surface area (Å²) in [5, 5.41) is 3.23. The van der Waals surface area contributed by atoms with Crippen LogP contribution in [0.25, 0.3) is 0 Å². The normalized spacial score (nSPS) is 13.4. The first-order valence-corrected chi connectivity index (χ1v) is 5.98. The lowest BCUT2D eigenvalue weighted by Crippen LogP contribution is -2.50. The van der Waals surface area contributed by atoms with E-state index in [0.717, 1.165) is 13.0 Å². The summed E-state index contributed by atoms with van der Waals surface area (Å²) in [4.78, 5) is 11.3. The van der Waals surface area contributed by atoms with E-state index in [2.05, 4.69) is 17.4 Å². The topological polar surface area (TPSA) is 55.1 Å². The number of nitrogens with two attached hydrogens (primary N) is 1. The Labute approximate surface area is 103 Å². The summed E-state index contributed by atoms with van der Waals surface area (Å²) in [6, 6.07) is 9.91. The van der Waals surface area contributed by atoms with Crippen LogP contribution in [0.15, 0.2) is 30.3 Å². The number of carbonyl (C=O) groups excluding carboxylic acids is 1. The van der Waals surface area contributed by atoms with Crippen molar-refractivity contribution in [2.24, 2.45) is 11.1 Å². The molecular weight excluding hydrogens is 212 g/mol. The highest BCUT2D eigenvalue weighted by atomic mass is 16.1. The van der Waals surface area contributed by atoms with Gasteiger partial charge in [0.2, 0.25) is 5.91 Å². The number of amides is 1. The average molecular weight is 234 g/mol. The molecule has 1 atom stereocenters. The summed E-state index contributed by atoms with van der Waals surface area (Å²) >= 11 is 0. The van der Waals surface area contributed by atoms with E-state index in [0.29, 0.717) is 0 Å². The Balaban J connectivity index is 2.46. The lowest BCUT2D eigenvalue weighted by molar-refractivity contribution is -0.122. The predicted molar refractivity (Wildman–Crippen MR) is 70.6 cm³/mol. The Hall–Kier alpha value is -1.35. The van der Waals surface area contributed by atoms with Gasteiger partial charge in [-0.15, -0.1) is 0 Å². The predicted octanol–water partition coefficient (Wildman–Crippen LogP) is 1.72. The standard InChI is InChI=1S/C14H22N2O/c1-14(2,3)12(13(15)17)16-10-9-11-7-5-4-6-8-11/h4-8,12,16H,9-10H2,1-3H3,(H2,15,17)/t12-/m1/s1. The Morgan fingerprint density at radius 1 is 1.29 bits per heavy atom. The molecule has 94 valence electrons. The van der Waals surface area contributed by atoms with E-state index < -0.39 is 0 Å². The first-order chi connectivity index (χ1) is 7.91. The summed E-state index contributed by atoms with van der Waals surface area (Å²) in [6.07, 6.45) is 0.903. The van der Waals surface area contributed by atoms with Gasteiger partial charge in [-0.05, 0) is 23.9 Å². The third-order valence-electron chi connectivity index (χ3n) is 2.76. The van der Waals surface area contributed by atoms with Gasteiger partial charge in [0.1, 0.15) is 0 Å². The van der Waals surface area contributed by atoms with Crippen molar-refractivity contribution in [1.82, 2.24) is 5.32 Å². The largest absolute Gasteiger partial charge is 0.368 e. The lowest BCUT2D eigenvalue weighted by Gasteiger charge is -2.28. The van der Waals surface area contributed by atoms with Crippen LogP contribution in [-0.2, 0) is 11.2 Å². The van der Waals surface area contributed by atoms with Gasteiger partial charge in [-0.3, -0.25) is 4.79 Å². The number of primary amides is 1. The number of nitrogens with one attached hydrogen (secondary N) is 1. The van der Waals surface area contributed by atoms with E-state index in [1.807, 2.05) is 39.0 Å². The molecule has 0 saturated heterocycles. The summed E-state index contributed by atoms with van der Waals surface area (Å²) in [7, 11) is 0. The van der Waals surface area contributed by atoms with Gasteiger partial charge in [-0.25, -0.2) is 0 Å². The molecule has 0 aliphatic carbocycles. The molecule has 17 heavy (non-hydrogen) atoms. The minimum Gasteiger partial charge on any atom is -0.368 e. The number of benzene rings is 1. The van der Waals surface area contributed by atoms with Crippen LogP contribution in [0.1, 0.15) is 26.3 Å². The average Bonchev–Trinajstić information content (AvgIpc) is 2.23. The SMILES string of the molecule is CC(C)(C)[C@H](NCCc1ccccc1)C(N)=O.